The average molecular weight is 268 g/mol. The summed E-state index contributed by atoms with van der Waals surface area (Å²) < 4.78 is 5.16. The van der Waals surface area contributed by atoms with Crippen molar-refractivity contribution in [2.24, 2.45) is 0 Å². The summed E-state index contributed by atoms with van der Waals surface area (Å²) in [6.45, 7) is 3.54. The van der Waals surface area contributed by atoms with E-state index >= 15 is 0 Å². The minimum atomic E-state index is -1.08. The van der Waals surface area contributed by atoms with Gasteiger partial charge in [-0.05, 0) is 33.0 Å². The molecule has 0 radical (unpaired) electrons. The third-order valence-electron chi connectivity index (χ3n) is 3.25. The highest BCUT2D eigenvalue weighted by Crippen LogP contribution is 2.13. The van der Waals surface area contributed by atoms with Gasteiger partial charge in [-0.3, -0.25) is 14.5 Å². The maximum Gasteiger partial charge on any atom is 0.323 e. The van der Waals surface area contributed by atoms with Crippen LogP contribution in [-0.2, 0) is 16.1 Å². The molecule has 6 heteroatoms. The molecule has 0 saturated carbocycles. The molecule has 0 atom stereocenters. The van der Waals surface area contributed by atoms with Crippen LogP contribution in [0.25, 0.3) is 0 Å². The number of likely N-dealkylation sites (N-methyl/N-ethyl adjacent to an activating group) is 2. The van der Waals surface area contributed by atoms with E-state index in [0.29, 0.717) is 12.3 Å². The number of carboxylic acid groups (broad SMARTS) is 1. The summed E-state index contributed by atoms with van der Waals surface area (Å²) in [5.74, 6) is -0.430. The first kappa shape index (κ1) is 15.2. The quantitative estimate of drug-likeness (QED) is 0.834. The summed E-state index contributed by atoms with van der Waals surface area (Å²) in [4.78, 5) is 26.1. The van der Waals surface area contributed by atoms with E-state index in [4.69, 9.17) is 9.52 Å². The van der Waals surface area contributed by atoms with Crippen LogP contribution in [0.15, 0.2) is 22.8 Å². The van der Waals surface area contributed by atoms with Crippen LogP contribution in [0, 0.1) is 0 Å². The zero-order chi connectivity index (χ0) is 14.6. The molecule has 0 aromatic carbocycles. The predicted molar refractivity (Wildman–Crippen MR) is 69.5 cm³/mol. The van der Waals surface area contributed by atoms with Crippen molar-refractivity contribution >= 4 is 11.9 Å². The first-order valence-electron chi connectivity index (χ1n) is 5.96. The number of nitrogens with zero attached hydrogens (tertiary/aromatic N) is 2. The predicted octanol–water partition coefficient (Wildman–Crippen LogP) is 1.03. The normalized spacial score (nSPS) is 11.6. The Kier molecular flexibility index (Phi) is 4.72. The van der Waals surface area contributed by atoms with Crippen molar-refractivity contribution < 1.29 is 19.1 Å². The van der Waals surface area contributed by atoms with Gasteiger partial charge in [0.1, 0.15) is 11.3 Å². The van der Waals surface area contributed by atoms with Crippen LogP contribution >= 0.6 is 0 Å². The van der Waals surface area contributed by atoms with Crippen LogP contribution in [0.3, 0.4) is 0 Å². The van der Waals surface area contributed by atoms with E-state index in [2.05, 4.69) is 0 Å². The minimum absolute atomic E-state index is 0.0382. The summed E-state index contributed by atoms with van der Waals surface area (Å²) in [5, 5.41) is 9.09. The number of carbonyl (C=O) groups excluding carboxylic acids is 1. The fraction of sp³-hybridized carbons (Fsp3) is 0.538. The highest BCUT2D eigenvalue weighted by atomic mass is 16.4. The molecular weight excluding hydrogens is 248 g/mol. The average Bonchev–Trinajstić information content (AvgIpc) is 2.81. The van der Waals surface area contributed by atoms with Crippen molar-refractivity contribution in [2.75, 3.05) is 20.6 Å². The smallest absolute Gasteiger partial charge is 0.323 e. The van der Waals surface area contributed by atoms with E-state index in [1.54, 1.807) is 46.3 Å². The second kappa shape index (κ2) is 5.88. The van der Waals surface area contributed by atoms with E-state index < -0.39 is 11.5 Å². The highest BCUT2D eigenvalue weighted by Gasteiger charge is 2.33. The van der Waals surface area contributed by atoms with Gasteiger partial charge in [0, 0.05) is 7.05 Å². The van der Waals surface area contributed by atoms with Gasteiger partial charge < -0.3 is 14.4 Å². The number of furan rings is 1. The highest BCUT2D eigenvalue weighted by molar-refractivity contribution is 5.81. The SMILES string of the molecule is CN(Cc1ccco1)C(=O)CN(C)C(C)(C)C(=O)O. The molecule has 1 N–H and O–H groups in total. The number of rotatable bonds is 6. The van der Waals surface area contributed by atoms with Gasteiger partial charge in [0.05, 0.1) is 19.4 Å². The van der Waals surface area contributed by atoms with E-state index in [0.717, 1.165) is 0 Å². The van der Waals surface area contributed by atoms with Gasteiger partial charge in [0.15, 0.2) is 0 Å². The lowest BCUT2D eigenvalue weighted by Crippen LogP contribution is -2.51. The summed E-state index contributed by atoms with van der Waals surface area (Å²) in [7, 11) is 3.28. The zero-order valence-corrected chi connectivity index (χ0v) is 11.7. The van der Waals surface area contributed by atoms with Crippen molar-refractivity contribution in [2.45, 2.75) is 25.9 Å². The molecule has 6 nitrogen and oxygen atoms in total. The minimum Gasteiger partial charge on any atom is -0.480 e. The van der Waals surface area contributed by atoms with Crippen LogP contribution in [0.1, 0.15) is 19.6 Å². The van der Waals surface area contributed by atoms with Gasteiger partial charge in [-0.2, -0.15) is 0 Å². The number of hydrogen-bond donors (Lipinski definition) is 1. The fourth-order valence-corrected chi connectivity index (χ4v) is 1.41. The van der Waals surface area contributed by atoms with E-state index in [1.807, 2.05) is 0 Å². The van der Waals surface area contributed by atoms with Crippen LogP contribution < -0.4 is 0 Å². The van der Waals surface area contributed by atoms with Gasteiger partial charge in [0.25, 0.3) is 0 Å². The van der Waals surface area contributed by atoms with Crippen LogP contribution in [0.4, 0.5) is 0 Å². The molecule has 106 valence electrons. The summed E-state index contributed by atoms with van der Waals surface area (Å²) in [6, 6.07) is 3.54. The first-order chi connectivity index (χ1) is 8.75. The zero-order valence-electron chi connectivity index (χ0n) is 11.7. The summed E-state index contributed by atoms with van der Waals surface area (Å²) in [5.41, 5.74) is -1.08. The largest absolute Gasteiger partial charge is 0.480 e. The Morgan fingerprint density at radius 3 is 2.47 bits per heavy atom. The Balaban J connectivity index is 2.57. The Hall–Kier alpha value is -1.82. The Morgan fingerprint density at radius 1 is 1.37 bits per heavy atom. The van der Waals surface area contributed by atoms with Crippen molar-refractivity contribution in [3.63, 3.8) is 0 Å². The maximum atomic E-state index is 12.0. The first-order valence-corrected chi connectivity index (χ1v) is 5.96. The molecule has 19 heavy (non-hydrogen) atoms. The Labute approximate surface area is 112 Å². The van der Waals surface area contributed by atoms with Gasteiger partial charge in [-0.15, -0.1) is 0 Å². The maximum absolute atomic E-state index is 12.0. The van der Waals surface area contributed by atoms with Crippen LogP contribution in [-0.4, -0.2) is 53.0 Å². The van der Waals surface area contributed by atoms with Crippen molar-refractivity contribution in [3.8, 4) is 0 Å². The fourth-order valence-electron chi connectivity index (χ4n) is 1.41. The lowest BCUT2D eigenvalue weighted by atomic mass is 10.0. The molecule has 1 aromatic heterocycles. The van der Waals surface area contributed by atoms with Crippen molar-refractivity contribution in [3.05, 3.63) is 24.2 Å². The molecule has 0 aliphatic heterocycles. The lowest BCUT2D eigenvalue weighted by molar-refractivity contribution is -0.150. The third-order valence-corrected chi connectivity index (χ3v) is 3.25. The standard InChI is InChI=1S/C13H20N2O4/c1-13(2,12(17)18)15(4)9-11(16)14(3)8-10-6-5-7-19-10/h5-7H,8-9H2,1-4H3,(H,17,18). The second-order valence-electron chi connectivity index (χ2n) is 5.05. The number of amides is 1. The molecule has 0 unspecified atom stereocenters. The Bertz CT molecular complexity index is 440. The van der Waals surface area contributed by atoms with Gasteiger partial charge in [-0.25, -0.2) is 0 Å². The molecule has 1 aromatic rings. The topological polar surface area (TPSA) is 74.0 Å². The van der Waals surface area contributed by atoms with E-state index in [9.17, 15) is 9.59 Å². The molecule has 0 spiro atoms. The molecule has 0 fully saturated rings. The monoisotopic (exact) mass is 268 g/mol. The molecular formula is C13H20N2O4. The second-order valence-corrected chi connectivity index (χ2v) is 5.05. The van der Waals surface area contributed by atoms with Crippen molar-refractivity contribution in [1.29, 1.82) is 0 Å². The number of carbonyl (C=O) groups is 2. The molecule has 1 rings (SSSR count). The van der Waals surface area contributed by atoms with Gasteiger partial charge in [0.2, 0.25) is 5.91 Å². The van der Waals surface area contributed by atoms with E-state index in [1.165, 1.54) is 9.80 Å². The van der Waals surface area contributed by atoms with Crippen LogP contribution in [0.2, 0.25) is 0 Å². The number of aliphatic carboxylic acids is 1. The van der Waals surface area contributed by atoms with E-state index in [-0.39, 0.29) is 12.5 Å². The Morgan fingerprint density at radius 2 is 2.00 bits per heavy atom. The van der Waals surface area contributed by atoms with Gasteiger partial charge >= 0.3 is 5.97 Å². The summed E-state index contributed by atoms with van der Waals surface area (Å²) in [6.07, 6.45) is 1.55. The molecule has 0 aliphatic carbocycles. The van der Waals surface area contributed by atoms with Crippen LogP contribution in [0.5, 0.6) is 0 Å². The third kappa shape index (κ3) is 3.82. The molecule has 0 aliphatic rings. The molecule has 0 bridgehead atoms. The molecule has 1 amide bonds. The lowest BCUT2D eigenvalue weighted by Gasteiger charge is -2.32. The molecule has 1 heterocycles. The number of hydrogen-bond acceptors (Lipinski definition) is 4. The molecule has 0 saturated heterocycles. The number of carboxylic acids is 1. The van der Waals surface area contributed by atoms with Gasteiger partial charge in [-0.1, -0.05) is 0 Å². The van der Waals surface area contributed by atoms with Crippen molar-refractivity contribution in [1.82, 2.24) is 9.80 Å². The summed E-state index contributed by atoms with van der Waals surface area (Å²) >= 11 is 0.